The highest BCUT2D eigenvalue weighted by atomic mass is 32.1. The Morgan fingerprint density at radius 2 is 1.29 bits per heavy atom. The Balaban J connectivity index is 2.33. The Morgan fingerprint density at radius 1 is 0.806 bits per heavy atom. The highest BCUT2D eigenvalue weighted by molar-refractivity contribution is 7.71. The molecular weight excluding hydrogens is 417 g/mol. The van der Waals surface area contributed by atoms with Crippen molar-refractivity contribution in [3.8, 4) is 0 Å². The van der Waals surface area contributed by atoms with E-state index in [1.54, 1.807) is 0 Å². The summed E-state index contributed by atoms with van der Waals surface area (Å²) in [5.41, 5.74) is 4.38. The third-order valence-corrected chi connectivity index (χ3v) is 9.21. The zero-order valence-electron chi connectivity index (χ0n) is 19.7. The molecule has 0 fully saturated rings. The molecule has 0 bridgehead atoms. The molecule has 0 saturated heterocycles. The van der Waals surface area contributed by atoms with E-state index >= 15 is 0 Å². The van der Waals surface area contributed by atoms with Gasteiger partial charge in [0, 0.05) is 32.0 Å². The Hall–Kier alpha value is -1.74. The van der Waals surface area contributed by atoms with Gasteiger partial charge in [0.15, 0.2) is 4.77 Å². The number of nitrogens with zero attached hydrogens (tertiary/aromatic N) is 3. The SMILES string of the molecule is CCN(CC)P(c1cn(C(C)C)c(=S)n1C(C)C)C(c1ccccc1)c1ccccc1. The fourth-order valence-electron chi connectivity index (χ4n) is 4.20. The van der Waals surface area contributed by atoms with Gasteiger partial charge in [-0.3, -0.25) is 4.67 Å². The summed E-state index contributed by atoms with van der Waals surface area (Å²) in [6, 6.07) is 22.6. The van der Waals surface area contributed by atoms with E-state index in [2.05, 4.69) is 122 Å². The number of imidazole rings is 1. The standard InChI is InChI=1S/C26H36N3PS/c1-7-27(8-2)30(24-19-28(20(3)4)26(31)29(24)21(5)6)25(22-15-11-9-12-16-22)23-17-13-10-14-18-23/h9-21,25H,7-8H2,1-6H3. The lowest BCUT2D eigenvalue weighted by molar-refractivity contribution is 0.502. The molecule has 0 aliphatic carbocycles. The Labute approximate surface area is 194 Å². The maximum Gasteiger partial charge on any atom is 0.180 e. The average molecular weight is 454 g/mol. The van der Waals surface area contributed by atoms with Crippen molar-refractivity contribution in [3.05, 3.63) is 82.8 Å². The van der Waals surface area contributed by atoms with Crippen LogP contribution in [0, 0.1) is 4.77 Å². The van der Waals surface area contributed by atoms with Crippen molar-refractivity contribution in [1.29, 1.82) is 0 Å². The van der Waals surface area contributed by atoms with Gasteiger partial charge in [-0.2, -0.15) is 0 Å². The first-order chi connectivity index (χ1) is 14.9. The summed E-state index contributed by atoms with van der Waals surface area (Å²) >= 11 is 5.98. The molecule has 0 spiro atoms. The number of hydrogen-bond acceptors (Lipinski definition) is 2. The molecule has 1 aromatic heterocycles. The van der Waals surface area contributed by atoms with Gasteiger partial charge in [-0.1, -0.05) is 74.5 Å². The fourth-order valence-corrected chi connectivity index (χ4v) is 8.03. The highest BCUT2D eigenvalue weighted by Crippen LogP contribution is 2.56. The molecule has 31 heavy (non-hydrogen) atoms. The molecule has 3 rings (SSSR count). The van der Waals surface area contributed by atoms with Crippen molar-refractivity contribution in [3.63, 3.8) is 0 Å². The van der Waals surface area contributed by atoms with Gasteiger partial charge in [0.05, 0.1) is 5.44 Å². The van der Waals surface area contributed by atoms with Crippen molar-refractivity contribution >= 4 is 25.7 Å². The minimum Gasteiger partial charge on any atom is -0.321 e. The van der Waals surface area contributed by atoms with E-state index in [9.17, 15) is 0 Å². The molecule has 0 N–H and O–H groups in total. The van der Waals surface area contributed by atoms with Crippen molar-refractivity contribution in [2.75, 3.05) is 13.1 Å². The van der Waals surface area contributed by atoms with Crippen molar-refractivity contribution in [1.82, 2.24) is 13.8 Å². The number of hydrogen-bond donors (Lipinski definition) is 0. The largest absolute Gasteiger partial charge is 0.321 e. The molecule has 0 radical (unpaired) electrons. The Bertz CT molecular complexity index is 965. The first kappa shape index (κ1) is 23.9. The number of rotatable bonds is 9. The summed E-state index contributed by atoms with van der Waals surface area (Å²) in [7, 11) is -0.700. The van der Waals surface area contributed by atoms with Gasteiger partial charge in [0.25, 0.3) is 0 Å². The van der Waals surface area contributed by atoms with Crippen LogP contribution >= 0.6 is 20.3 Å². The summed E-state index contributed by atoms with van der Waals surface area (Å²) in [4.78, 5) is 0. The van der Waals surface area contributed by atoms with Gasteiger partial charge in [0.2, 0.25) is 0 Å². The quantitative estimate of drug-likeness (QED) is 0.248. The predicted octanol–water partition coefficient (Wildman–Crippen LogP) is 7.33. The van der Waals surface area contributed by atoms with Crippen LogP contribution in [0.2, 0.25) is 0 Å². The van der Waals surface area contributed by atoms with E-state index in [0.717, 1.165) is 17.9 Å². The summed E-state index contributed by atoms with van der Waals surface area (Å²) in [5, 5.41) is 0. The second-order valence-corrected chi connectivity index (χ2v) is 11.0. The zero-order chi connectivity index (χ0) is 22.5. The second-order valence-electron chi connectivity index (χ2n) is 8.44. The first-order valence-electron chi connectivity index (χ1n) is 11.4. The van der Waals surface area contributed by atoms with Crippen LogP contribution in [0.4, 0.5) is 0 Å². The molecule has 0 aliphatic rings. The molecule has 0 amide bonds. The van der Waals surface area contributed by atoms with E-state index in [1.807, 2.05) is 0 Å². The van der Waals surface area contributed by atoms with Crippen LogP contribution in [0.5, 0.6) is 0 Å². The van der Waals surface area contributed by atoms with Gasteiger partial charge < -0.3 is 9.13 Å². The van der Waals surface area contributed by atoms with Crippen LogP contribution in [0.15, 0.2) is 66.9 Å². The normalized spacial score (nSPS) is 13.0. The van der Waals surface area contributed by atoms with Crippen LogP contribution in [-0.2, 0) is 0 Å². The van der Waals surface area contributed by atoms with Crippen LogP contribution in [0.25, 0.3) is 0 Å². The molecule has 1 heterocycles. The summed E-state index contributed by atoms with van der Waals surface area (Å²) < 4.78 is 8.25. The minimum absolute atomic E-state index is 0.278. The molecule has 0 aliphatic heterocycles. The van der Waals surface area contributed by atoms with Crippen LogP contribution in [0.1, 0.15) is 70.4 Å². The van der Waals surface area contributed by atoms with Gasteiger partial charge in [0.1, 0.15) is 0 Å². The highest BCUT2D eigenvalue weighted by Gasteiger charge is 2.34. The van der Waals surface area contributed by atoms with E-state index in [1.165, 1.54) is 16.6 Å². The molecule has 3 nitrogen and oxygen atoms in total. The van der Waals surface area contributed by atoms with Crippen molar-refractivity contribution in [2.45, 2.75) is 59.3 Å². The number of benzene rings is 2. The van der Waals surface area contributed by atoms with Crippen LogP contribution in [0.3, 0.4) is 0 Å². The van der Waals surface area contributed by atoms with Gasteiger partial charge in [-0.15, -0.1) is 0 Å². The molecular formula is C26H36N3PS. The summed E-state index contributed by atoms with van der Waals surface area (Å²) in [5.74, 6) is 0. The maximum atomic E-state index is 5.98. The third kappa shape index (κ3) is 5.03. The van der Waals surface area contributed by atoms with Crippen molar-refractivity contribution in [2.24, 2.45) is 0 Å². The summed E-state index contributed by atoms with van der Waals surface area (Å²) in [6.45, 7) is 15.5. The fraction of sp³-hybridized carbons (Fsp3) is 0.423. The predicted molar refractivity (Wildman–Crippen MR) is 138 cm³/mol. The average Bonchev–Trinajstić information content (AvgIpc) is 3.12. The lowest BCUT2D eigenvalue weighted by atomic mass is 10.0. The first-order valence-corrected chi connectivity index (χ1v) is 13.1. The van der Waals surface area contributed by atoms with Crippen LogP contribution in [-0.4, -0.2) is 26.9 Å². The Kier molecular flexibility index (Phi) is 8.27. The van der Waals surface area contributed by atoms with Gasteiger partial charge >= 0.3 is 0 Å². The third-order valence-electron chi connectivity index (χ3n) is 5.75. The van der Waals surface area contributed by atoms with E-state index < -0.39 is 8.07 Å². The molecule has 5 heteroatoms. The smallest absolute Gasteiger partial charge is 0.180 e. The minimum atomic E-state index is -0.700. The molecule has 166 valence electrons. The van der Waals surface area contributed by atoms with Gasteiger partial charge in [-0.25, -0.2) is 0 Å². The lowest BCUT2D eigenvalue weighted by Gasteiger charge is -2.37. The molecule has 0 saturated carbocycles. The molecule has 2 aromatic carbocycles. The zero-order valence-corrected chi connectivity index (χ0v) is 21.4. The van der Waals surface area contributed by atoms with Crippen LogP contribution < -0.4 is 5.44 Å². The molecule has 3 aromatic rings. The van der Waals surface area contributed by atoms with Gasteiger partial charge in [-0.05, 0) is 64.1 Å². The molecule has 1 unspecified atom stereocenters. The lowest BCUT2D eigenvalue weighted by Crippen LogP contribution is -2.30. The maximum absolute atomic E-state index is 5.98. The van der Waals surface area contributed by atoms with E-state index in [-0.39, 0.29) is 5.66 Å². The van der Waals surface area contributed by atoms with E-state index in [0.29, 0.717) is 12.1 Å². The second kappa shape index (κ2) is 10.7. The number of aromatic nitrogens is 2. The monoisotopic (exact) mass is 453 g/mol. The topological polar surface area (TPSA) is 13.1 Å². The Morgan fingerprint density at radius 3 is 1.68 bits per heavy atom. The van der Waals surface area contributed by atoms with Crippen molar-refractivity contribution < 1.29 is 0 Å². The molecule has 1 atom stereocenters. The van der Waals surface area contributed by atoms with E-state index in [4.69, 9.17) is 12.2 Å². The summed E-state index contributed by atoms with van der Waals surface area (Å²) in [6.07, 6.45) is 2.34.